The molecule has 0 spiro atoms. The predicted molar refractivity (Wildman–Crippen MR) is 74.4 cm³/mol. The number of aryl methyl sites for hydroxylation is 1. The molecule has 5 nitrogen and oxygen atoms in total. The van der Waals surface area contributed by atoms with Crippen molar-refractivity contribution in [2.75, 3.05) is 12.3 Å². The molecule has 1 aromatic heterocycles. The van der Waals surface area contributed by atoms with Gasteiger partial charge in [0.05, 0.1) is 6.54 Å². The van der Waals surface area contributed by atoms with Gasteiger partial charge in [0.15, 0.2) is 0 Å². The van der Waals surface area contributed by atoms with Crippen LogP contribution in [-0.4, -0.2) is 26.2 Å². The fraction of sp³-hybridized carbons (Fsp3) is 0.429. The van der Waals surface area contributed by atoms with E-state index in [2.05, 4.69) is 25.7 Å². The fourth-order valence-electron chi connectivity index (χ4n) is 2.62. The summed E-state index contributed by atoms with van der Waals surface area (Å²) in [7, 11) is 2.01. The number of benzene rings is 1. The standard InChI is InChI=1S/C14H19N5/c1-10-16-17-14(18(10)2)9-19-7-6-12-11(8-19)4-3-5-13(12)15/h3-5H,6-9,15H2,1-2H3. The molecule has 1 aliphatic rings. The minimum atomic E-state index is 0.839. The van der Waals surface area contributed by atoms with Crippen LogP contribution in [0, 0.1) is 6.92 Å². The highest BCUT2D eigenvalue weighted by molar-refractivity contribution is 5.51. The van der Waals surface area contributed by atoms with Gasteiger partial charge < -0.3 is 10.3 Å². The van der Waals surface area contributed by atoms with Crippen LogP contribution in [0.1, 0.15) is 22.8 Å². The second kappa shape index (κ2) is 4.66. The lowest BCUT2D eigenvalue weighted by atomic mass is 9.98. The van der Waals surface area contributed by atoms with Gasteiger partial charge in [-0.3, -0.25) is 4.90 Å². The van der Waals surface area contributed by atoms with E-state index in [4.69, 9.17) is 5.73 Å². The second-order valence-corrected chi connectivity index (χ2v) is 5.17. The number of rotatable bonds is 2. The number of nitrogen functional groups attached to an aromatic ring is 1. The molecule has 0 saturated heterocycles. The van der Waals surface area contributed by atoms with Gasteiger partial charge >= 0.3 is 0 Å². The van der Waals surface area contributed by atoms with E-state index in [1.807, 2.05) is 26.1 Å². The maximum absolute atomic E-state index is 6.02. The van der Waals surface area contributed by atoms with Crippen molar-refractivity contribution < 1.29 is 0 Å². The number of hydrogen-bond acceptors (Lipinski definition) is 4. The third-order valence-electron chi connectivity index (χ3n) is 3.93. The zero-order chi connectivity index (χ0) is 13.4. The third-order valence-corrected chi connectivity index (χ3v) is 3.93. The molecule has 0 aliphatic carbocycles. The molecule has 0 amide bonds. The van der Waals surface area contributed by atoms with E-state index in [1.165, 1.54) is 11.1 Å². The normalized spacial score (nSPS) is 15.5. The summed E-state index contributed by atoms with van der Waals surface area (Å²) in [6.45, 7) is 4.77. The number of nitrogens with zero attached hydrogens (tertiary/aromatic N) is 4. The summed E-state index contributed by atoms with van der Waals surface area (Å²) in [5.41, 5.74) is 9.60. The molecule has 2 N–H and O–H groups in total. The van der Waals surface area contributed by atoms with Crippen LogP contribution in [0.3, 0.4) is 0 Å². The molecule has 19 heavy (non-hydrogen) atoms. The molecular weight excluding hydrogens is 238 g/mol. The molecule has 1 aliphatic heterocycles. The monoisotopic (exact) mass is 257 g/mol. The van der Waals surface area contributed by atoms with Crippen molar-refractivity contribution >= 4 is 5.69 Å². The number of nitrogens with two attached hydrogens (primary N) is 1. The van der Waals surface area contributed by atoms with Crippen LogP contribution in [0.25, 0.3) is 0 Å². The molecular formula is C14H19N5. The molecule has 3 rings (SSSR count). The molecule has 100 valence electrons. The fourth-order valence-corrected chi connectivity index (χ4v) is 2.62. The van der Waals surface area contributed by atoms with Crippen molar-refractivity contribution in [3.05, 3.63) is 41.0 Å². The quantitative estimate of drug-likeness (QED) is 0.823. The first kappa shape index (κ1) is 12.2. The lowest BCUT2D eigenvalue weighted by molar-refractivity contribution is 0.237. The molecule has 0 radical (unpaired) electrons. The Hall–Kier alpha value is -1.88. The number of aromatic nitrogens is 3. The van der Waals surface area contributed by atoms with Crippen molar-refractivity contribution in [1.29, 1.82) is 0 Å². The van der Waals surface area contributed by atoms with E-state index in [-0.39, 0.29) is 0 Å². The number of hydrogen-bond donors (Lipinski definition) is 1. The lowest BCUT2D eigenvalue weighted by Gasteiger charge is -2.29. The molecule has 2 aromatic rings. The lowest BCUT2D eigenvalue weighted by Crippen LogP contribution is -2.31. The van der Waals surface area contributed by atoms with Crippen LogP contribution >= 0.6 is 0 Å². The van der Waals surface area contributed by atoms with Crippen molar-refractivity contribution in [2.24, 2.45) is 7.05 Å². The van der Waals surface area contributed by atoms with Gasteiger partial charge in [0.2, 0.25) is 0 Å². The van der Waals surface area contributed by atoms with Crippen LogP contribution in [0.2, 0.25) is 0 Å². The highest BCUT2D eigenvalue weighted by Gasteiger charge is 2.19. The van der Waals surface area contributed by atoms with Gasteiger partial charge in [-0.05, 0) is 30.5 Å². The molecule has 0 atom stereocenters. The summed E-state index contributed by atoms with van der Waals surface area (Å²) in [4.78, 5) is 2.39. The summed E-state index contributed by atoms with van der Waals surface area (Å²) in [5, 5.41) is 8.34. The predicted octanol–water partition coefficient (Wildman–Crippen LogP) is 1.26. The molecule has 0 fully saturated rings. The Labute approximate surface area is 113 Å². The van der Waals surface area contributed by atoms with Gasteiger partial charge in [-0.15, -0.1) is 10.2 Å². The zero-order valence-corrected chi connectivity index (χ0v) is 11.4. The highest BCUT2D eigenvalue weighted by Crippen LogP contribution is 2.24. The summed E-state index contributed by atoms with van der Waals surface area (Å²) in [6.07, 6.45) is 1.01. The average Bonchev–Trinajstić information content (AvgIpc) is 2.71. The van der Waals surface area contributed by atoms with Crippen molar-refractivity contribution in [1.82, 2.24) is 19.7 Å². The number of anilines is 1. The summed E-state index contributed by atoms with van der Waals surface area (Å²) in [6, 6.07) is 6.18. The van der Waals surface area contributed by atoms with Crippen molar-refractivity contribution in [3.63, 3.8) is 0 Å². The van der Waals surface area contributed by atoms with Crippen LogP contribution in [0.4, 0.5) is 5.69 Å². The maximum Gasteiger partial charge on any atom is 0.146 e. The summed E-state index contributed by atoms with van der Waals surface area (Å²) >= 11 is 0. The Morgan fingerprint density at radius 1 is 1.32 bits per heavy atom. The highest BCUT2D eigenvalue weighted by atomic mass is 15.3. The smallest absolute Gasteiger partial charge is 0.146 e. The Bertz CT molecular complexity index is 602. The van der Waals surface area contributed by atoms with Gasteiger partial charge in [-0.1, -0.05) is 12.1 Å². The van der Waals surface area contributed by atoms with Gasteiger partial charge in [-0.2, -0.15) is 0 Å². The Morgan fingerprint density at radius 2 is 2.16 bits per heavy atom. The van der Waals surface area contributed by atoms with Crippen LogP contribution in [-0.2, 0) is 26.6 Å². The van der Waals surface area contributed by atoms with Gasteiger partial charge in [0, 0.05) is 25.8 Å². The first-order valence-electron chi connectivity index (χ1n) is 6.58. The van der Waals surface area contributed by atoms with E-state index < -0.39 is 0 Å². The Kier molecular flexibility index (Phi) is 2.98. The molecule has 0 saturated carbocycles. The Morgan fingerprint density at radius 3 is 2.89 bits per heavy atom. The number of fused-ring (bicyclic) bond motifs is 1. The van der Waals surface area contributed by atoms with Crippen LogP contribution < -0.4 is 5.73 Å². The molecule has 0 bridgehead atoms. The maximum atomic E-state index is 6.02. The van der Waals surface area contributed by atoms with Gasteiger partial charge in [0.25, 0.3) is 0 Å². The van der Waals surface area contributed by atoms with Crippen LogP contribution in [0.5, 0.6) is 0 Å². The van der Waals surface area contributed by atoms with E-state index in [9.17, 15) is 0 Å². The average molecular weight is 257 g/mol. The van der Waals surface area contributed by atoms with E-state index in [1.54, 1.807) is 0 Å². The summed E-state index contributed by atoms with van der Waals surface area (Å²) in [5.74, 6) is 1.97. The van der Waals surface area contributed by atoms with E-state index in [0.717, 1.165) is 43.4 Å². The minimum Gasteiger partial charge on any atom is -0.398 e. The largest absolute Gasteiger partial charge is 0.398 e. The molecule has 1 aromatic carbocycles. The van der Waals surface area contributed by atoms with Crippen molar-refractivity contribution in [2.45, 2.75) is 26.4 Å². The zero-order valence-electron chi connectivity index (χ0n) is 11.4. The third kappa shape index (κ3) is 2.21. The first-order valence-corrected chi connectivity index (χ1v) is 6.58. The van der Waals surface area contributed by atoms with Gasteiger partial charge in [-0.25, -0.2) is 0 Å². The van der Waals surface area contributed by atoms with Crippen molar-refractivity contribution in [3.8, 4) is 0 Å². The Balaban J connectivity index is 1.77. The second-order valence-electron chi connectivity index (χ2n) is 5.17. The topological polar surface area (TPSA) is 60.0 Å². The van der Waals surface area contributed by atoms with E-state index in [0.29, 0.717) is 0 Å². The molecule has 5 heteroatoms. The first-order chi connectivity index (χ1) is 9.15. The minimum absolute atomic E-state index is 0.839. The molecule has 0 unspecified atom stereocenters. The van der Waals surface area contributed by atoms with Crippen LogP contribution in [0.15, 0.2) is 18.2 Å². The SMILES string of the molecule is Cc1nnc(CN2CCc3c(N)cccc3C2)n1C. The van der Waals surface area contributed by atoms with Gasteiger partial charge in [0.1, 0.15) is 11.6 Å². The van der Waals surface area contributed by atoms with E-state index >= 15 is 0 Å². The molecule has 2 heterocycles. The summed E-state index contributed by atoms with van der Waals surface area (Å²) < 4.78 is 2.05.